The number of rotatable bonds is 3. The summed E-state index contributed by atoms with van der Waals surface area (Å²) >= 11 is 3.46. The first-order valence-corrected chi connectivity index (χ1v) is 10.2. The van der Waals surface area contributed by atoms with Gasteiger partial charge in [0.2, 0.25) is 0 Å². The molecule has 0 fully saturated rings. The van der Waals surface area contributed by atoms with Crippen LogP contribution in [0, 0.1) is 0 Å². The molecule has 2 atom stereocenters. The second-order valence-corrected chi connectivity index (χ2v) is 9.12. The topological polar surface area (TPSA) is 58.2 Å². The van der Waals surface area contributed by atoms with Gasteiger partial charge in [0, 0.05) is 16.8 Å². The summed E-state index contributed by atoms with van der Waals surface area (Å²) in [6.45, 7) is 0. The van der Waals surface area contributed by atoms with E-state index in [1.807, 2.05) is 48.5 Å². The number of anilines is 1. The van der Waals surface area contributed by atoms with Crippen LogP contribution in [0.4, 0.5) is 5.69 Å². The Morgan fingerprint density at radius 2 is 1.91 bits per heavy atom. The zero-order valence-electron chi connectivity index (χ0n) is 12.8. The molecule has 122 valence electrons. The van der Waals surface area contributed by atoms with Gasteiger partial charge in [0.05, 0.1) is 10.9 Å². The van der Waals surface area contributed by atoms with Crippen molar-refractivity contribution in [2.24, 2.45) is 0 Å². The van der Waals surface area contributed by atoms with E-state index in [0.717, 1.165) is 21.3 Å². The van der Waals surface area contributed by atoms with Crippen LogP contribution in [0.1, 0.15) is 11.1 Å². The fourth-order valence-corrected chi connectivity index (χ4v) is 4.63. The summed E-state index contributed by atoms with van der Waals surface area (Å²) in [5.74, 6) is 0. The second kappa shape index (κ2) is 6.63. The van der Waals surface area contributed by atoms with Gasteiger partial charge in [-0.1, -0.05) is 46.3 Å². The minimum Gasteiger partial charge on any atom is -0.321 e. The van der Waals surface area contributed by atoms with Crippen LogP contribution < -0.4 is 10.9 Å². The quantitative estimate of drug-likeness (QED) is 0.839. The van der Waals surface area contributed by atoms with Crippen LogP contribution in [-0.4, -0.2) is 26.0 Å². The third kappa shape index (κ3) is 3.94. The highest BCUT2D eigenvalue weighted by molar-refractivity contribution is 9.10. The third-order valence-electron chi connectivity index (χ3n) is 4.18. The first-order valence-electron chi connectivity index (χ1n) is 7.46. The van der Waals surface area contributed by atoms with Crippen LogP contribution in [-0.2, 0) is 22.7 Å². The Morgan fingerprint density at radius 3 is 2.61 bits per heavy atom. The molecule has 1 unspecified atom stereocenters. The van der Waals surface area contributed by atoms with Gasteiger partial charge in [-0.3, -0.25) is 0 Å². The molecule has 0 aromatic heterocycles. The zero-order chi connectivity index (χ0) is 16.4. The van der Waals surface area contributed by atoms with Gasteiger partial charge in [-0.15, -0.1) is 0 Å². The molecule has 2 aromatic rings. The van der Waals surface area contributed by atoms with Crippen LogP contribution in [0.3, 0.4) is 0 Å². The predicted molar refractivity (Wildman–Crippen MR) is 97.2 cm³/mol. The Hall–Kier alpha value is -1.37. The van der Waals surface area contributed by atoms with Gasteiger partial charge in [-0.25, -0.2) is 13.8 Å². The molecular formula is C17H19BrN2O2S. The normalized spacial score (nSPS) is 21.1. The lowest BCUT2D eigenvalue weighted by molar-refractivity contribution is 0.504. The highest BCUT2D eigenvalue weighted by Crippen LogP contribution is 2.27. The van der Waals surface area contributed by atoms with Crippen LogP contribution >= 0.6 is 15.9 Å². The molecule has 0 radical (unpaired) electrons. The summed E-state index contributed by atoms with van der Waals surface area (Å²) in [5.41, 5.74) is 9.45. The van der Waals surface area contributed by atoms with E-state index in [0.29, 0.717) is 12.8 Å². The van der Waals surface area contributed by atoms with Crippen molar-refractivity contribution < 1.29 is 8.42 Å². The Kier molecular flexibility index (Phi) is 4.75. The van der Waals surface area contributed by atoms with E-state index in [4.69, 9.17) is 0 Å². The molecule has 2 N–H and O–H groups in total. The van der Waals surface area contributed by atoms with E-state index in [1.54, 1.807) is 0 Å². The number of hydrazine groups is 1. The summed E-state index contributed by atoms with van der Waals surface area (Å²) in [7, 11) is -3.19. The zero-order valence-corrected chi connectivity index (χ0v) is 15.2. The van der Waals surface area contributed by atoms with Crippen molar-refractivity contribution in [3.63, 3.8) is 0 Å². The van der Waals surface area contributed by atoms with Crippen molar-refractivity contribution in [1.82, 2.24) is 5.43 Å². The minimum atomic E-state index is -3.19. The van der Waals surface area contributed by atoms with Crippen molar-refractivity contribution in [2.45, 2.75) is 24.1 Å². The average molecular weight is 395 g/mol. The summed E-state index contributed by atoms with van der Waals surface area (Å²) in [5, 5.41) is -0.481. The molecule has 6 heteroatoms. The lowest BCUT2D eigenvalue weighted by Crippen LogP contribution is -2.47. The number of hydrogen-bond donors (Lipinski definition) is 2. The molecule has 1 heterocycles. The predicted octanol–water partition coefficient (Wildman–Crippen LogP) is 2.95. The summed E-state index contributed by atoms with van der Waals surface area (Å²) in [4.78, 5) is 0. The lowest BCUT2D eigenvalue weighted by atomic mass is 9.99. The molecule has 0 amide bonds. The van der Waals surface area contributed by atoms with Crippen molar-refractivity contribution in [2.75, 3.05) is 11.7 Å². The van der Waals surface area contributed by atoms with Crippen LogP contribution in [0.25, 0.3) is 0 Å². The molecule has 4 nitrogen and oxygen atoms in total. The molecule has 0 aliphatic carbocycles. The summed E-state index contributed by atoms with van der Waals surface area (Å²) < 4.78 is 25.7. The van der Waals surface area contributed by atoms with Gasteiger partial charge in [0.15, 0.2) is 9.84 Å². The van der Waals surface area contributed by atoms with Gasteiger partial charge in [0.1, 0.15) is 0 Å². The number of hydrogen-bond acceptors (Lipinski definition) is 4. The van der Waals surface area contributed by atoms with E-state index in [1.165, 1.54) is 6.26 Å². The molecule has 0 bridgehead atoms. The Morgan fingerprint density at radius 1 is 1.17 bits per heavy atom. The van der Waals surface area contributed by atoms with E-state index >= 15 is 0 Å². The highest BCUT2D eigenvalue weighted by Gasteiger charge is 2.33. The van der Waals surface area contributed by atoms with Gasteiger partial charge in [-0.2, -0.15) is 0 Å². The van der Waals surface area contributed by atoms with Crippen molar-refractivity contribution in [3.8, 4) is 0 Å². The maximum Gasteiger partial charge on any atom is 0.152 e. The first-order chi connectivity index (χ1) is 10.9. The second-order valence-electron chi connectivity index (χ2n) is 5.94. The van der Waals surface area contributed by atoms with Gasteiger partial charge >= 0.3 is 0 Å². The van der Waals surface area contributed by atoms with Crippen molar-refractivity contribution >= 4 is 31.5 Å². The fraction of sp³-hybridized carbons (Fsp3) is 0.294. The lowest BCUT2D eigenvalue weighted by Gasteiger charge is -2.24. The van der Waals surface area contributed by atoms with Crippen LogP contribution in [0.5, 0.6) is 0 Å². The van der Waals surface area contributed by atoms with Crippen LogP contribution in [0.2, 0.25) is 0 Å². The van der Waals surface area contributed by atoms with Crippen molar-refractivity contribution in [3.05, 3.63) is 64.1 Å². The first kappa shape index (κ1) is 16.5. The largest absolute Gasteiger partial charge is 0.321 e. The van der Waals surface area contributed by atoms with E-state index in [-0.39, 0.29) is 6.04 Å². The standard InChI is InChI=1S/C17H19BrN2O2S/c1-23(21,22)17-11-13-10-14(18)7-8-15(13)19-20-16(17)9-12-5-3-2-4-6-12/h2-8,10,16-17,19-20H,9,11H2,1H3/t16?,17-/m1/s1. The maximum atomic E-state index is 12.4. The molecule has 1 aliphatic rings. The fourth-order valence-electron chi connectivity index (χ4n) is 2.98. The molecule has 0 saturated carbocycles. The van der Waals surface area contributed by atoms with Crippen LogP contribution in [0.15, 0.2) is 53.0 Å². The minimum absolute atomic E-state index is 0.196. The van der Waals surface area contributed by atoms with Gasteiger partial charge in [-0.05, 0) is 42.2 Å². The molecule has 3 rings (SSSR count). The van der Waals surface area contributed by atoms with E-state index in [2.05, 4.69) is 26.8 Å². The summed E-state index contributed by atoms with van der Waals surface area (Å²) in [6.07, 6.45) is 2.46. The van der Waals surface area contributed by atoms with Gasteiger partial charge < -0.3 is 5.43 Å². The number of fused-ring (bicyclic) bond motifs is 1. The summed E-state index contributed by atoms with van der Waals surface area (Å²) in [6, 6.07) is 15.6. The number of benzene rings is 2. The molecule has 0 spiro atoms. The van der Waals surface area contributed by atoms with E-state index < -0.39 is 15.1 Å². The molecule has 0 saturated heterocycles. The Labute approximate surface area is 145 Å². The molecule has 2 aromatic carbocycles. The number of sulfone groups is 1. The Balaban J connectivity index is 1.93. The van der Waals surface area contributed by atoms with Crippen molar-refractivity contribution in [1.29, 1.82) is 0 Å². The number of halogens is 1. The maximum absolute atomic E-state index is 12.4. The monoisotopic (exact) mass is 394 g/mol. The van der Waals surface area contributed by atoms with Gasteiger partial charge in [0.25, 0.3) is 0 Å². The Bertz CT molecular complexity index is 793. The third-order valence-corrected chi connectivity index (χ3v) is 6.27. The molecular weight excluding hydrogens is 376 g/mol. The molecule has 1 aliphatic heterocycles. The smallest absolute Gasteiger partial charge is 0.152 e. The number of nitrogens with one attached hydrogen (secondary N) is 2. The SMILES string of the molecule is CS(=O)(=O)[C@@H]1Cc2cc(Br)ccc2NNC1Cc1ccccc1. The average Bonchev–Trinajstić information content (AvgIpc) is 2.68. The molecule has 23 heavy (non-hydrogen) atoms. The highest BCUT2D eigenvalue weighted by atomic mass is 79.9. The van der Waals surface area contributed by atoms with E-state index in [9.17, 15) is 8.42 Å².